The molecule has 0 aromatic heterocycles. The Morgan fingerprint density at radius 3 is 1.50 bits per heavy atom. The Labute approximate surface area is 276 Å². The molecule has 0 saturated carbocycles. The van der Waals surface area contributed by atoms with Crippen LogP contribution in [-0.2, 0) is 23.7 Å². The number of rotatable bonds is 15. The molecule has 29 heteroatoms. The summed E-state index contributed by atoms with van der Waals surface area (Å²) in [6, 6.07) is 0. The number of ether oxygens (including phenoxy) is 4. The van der Waals surface area contributed by atoms with E-state index >= 15 is 0 Å². The van der Waals surface area contributed by atoms with Crippen molar-refractivity contribution < 1.29 is 134 Å². The summed E-state index contributed by atoms with van der Waals surface area (Å²) >= 11 is 0. The molecular weight excluding hydrogens is 791 g/mol. The molecule has 52 heavy (non-hydrogen) atoms. The largest absolute Gasteiger partial charge is 0.463 e. The molecule has 2 saturated heterocycles. The maximum atomic E-state index is 14.1. The van der Waals surface area contributed by atoms with E-state index in [1.54, 1.807) is 0 Å². The highest BCUT2D eigenvalue weighted by atomic mass is 19.4. The van der Waals surface area contributed by atoms with Crippen LogP contribution in [0.15, 0.2) is 0 Å². The van der Waals surface area contributed by atoms with E-state index in [-0.39, 0.29) is 0 Å². The van der Waals surface area contributed by atoms with Gasteiger partial charge in [-0.3, -0.25) is 4.79 Å². The first kappa shape index (κ1) is 46.0. The van der Waals surface area contributed by atoms with Crippen molar-refractivity contribution in [3.8, 4) is 0 Å². The lowest BCUT2D eigenvalue weighted by atomic mass is 9.88. The topological polar surface area (TPSA) is 196 Å². The number of hydrogen-bond acceptors (Lipinski definition) is 12. The Kier molecular flexibility index (Phi) is 12.8. The smallest absolute Gasteiger partial charge is 0.460 e. The summed E-state index contributed by atoms with van der Waals surface area (Å²) in [7, 11) is 0. The fraction of sp³-hybridized carbons (Fsp3) is 0.957. The first-order valence-corrected chi connectivity index (χ1v) is 13.6. The van der Waals surface area contributed by atoms with Gasteiger partial charge in [0, 0.05) is 6.42 Å². The number of esters is 1. The van der Waals surface area contributed by atoms with Crippen LogP contribution in [0.4, 0.5) is 74.6 Å². The molecule has 2 fully saturated rings. The Morgan fingerprint density at radius 2 is 1.08 bits per heavy atom. The molecular formula is C23H25F17O12. The van der Waals surface area contributed by atoms with E-state index in [1.807, 2.05) is 0 Å². The molecule has 0 bridgehead atoms. The van der Waals surface area contributed by atoms with Gasteiger partial charge >= 0.3 is 53.6 Å². The fourth-order valence-electron chi connectivity index (χ4n) is 4.48. The van der Waals surface area contributed by atoms with Crippen molar-refractivity contribution in [2.75, 3.05) is 19.8 Å². The number of aliphatic hydroxyl groups excluding tert-OH is 7. The second-order valence-electron chi connectivity index (χ2n) is 11.2. The first-order chi connectivity index (χ1) is 23.1. The van der Waals surface area contributed by atoms with Crippen LogP contribution in [0, 0.1) is 0 Å². The molecule has 0 aromatic rings. The Balaban J connectivity index is 2.20. The van der Waals surface area contributed by atoms with Crippen molar-refractivity contribution in [1.29, 1.82) is 0 Å². The van der Waals surface area contributed by atoms with Crippen LogP contribution in [0.25, 0.3) is 0 Å². The van der Waals surface area contributed by atoms with Gasteiger partial charge in [0.25, 0.3) is 0 Å². The average molecular weight is 816 g/mol. The molecule has 0 spiro atoms. The predicted octanol–water partition coefficient (Wildman–Crippen LogP) is 0.945. The highest BCUT2D eigenvalue weighted by Crippen LogP contribution is 2.64. The third kappa shape index (κ3) is 7.20. The molecule has 0 aliphatic carbocycles. The molecule has 2 rings (SSSR count). The van der Waals surface area contributed by atoms with Crippen molar-refractivity contribution in [1.82, 2.24) is 0 Å². The molecule has 2 aliphatic rings. The van der Waals surface area contributed by atoms with E-state index in [0.29, 0.717) is 0 Å². The predicted molar refractivity (Wildman–Crippen MR) is 122 cm³/mol. The number of carbonyl (C=O) groups excluding carboxylic acids is 1. The monoisotopic (exact) mass is 816 g/mol. The van der Waals surface area contributed by atoms with Gasteiger partial charge in [-0.25, -0.2) is 0 Å². The van der Waals surface area contributed by atoms with Crippen molar-refractivity contribution in [3.05, 3.63) is 0 Å². The summed E-state index contributed by atoms with van der Waals surface area (Å²) in [4.78, 5) is 11.9. The Bertz CT molecular complexity index is 1250. The number of halogens is 17. The molecule has 0 radical (unpaired) electrons. The van der Waals surface area contributed by atoms with E-state index in [0.717, 1.165) is 0 Å². The van der Waals surface area contributed by atoms with Gasteiger partial charge in [-0.2, -0.15) is 74.6 Å². The van der Waals surface area contributed by atoms with Crippen LogP contribution in [-0.4, -0.2) is 164 Å². The summed E-state index contributed by atoms with van der Waals surface area (Å²) in [6.45, 7) is -3.94. The van der Waals surface area contributed by atoms with Gasteiger partial charge in [-0.15, -0.1) is 0 Å². The van der Waals surface area contributed by atoms with Gasteiger partial charge in [0.1, 0.15) is 55.9 Å². The zero-order valence-corrected chi connectivity index (χ0v) is 24.8. The van der Waals surface area contributed by atoms with E-state index in [2.05, 4.69) is 4.74 Å². The van der Waals surface area contributed by atoms with Gasteiger partial charge in [0.05, 0.1) is 13.0 Å². The summed E-state index contributed by atoms with van der Waals surface area (Å²) in [6.07, 6.45) is -31.0. The minimum absolute atomic E-state index is 1.01. The van der Waals surface area contributed by atoms with Gasteiger partial charge < -0.3 is 54.7 Å². The van der Waals surface area contributed by atoms with Crippen LogP contribution in [0.1, 0.15) is 12.8 Å². The molecule has 7 N–H and O–H groups in total. The maximum absolute atomic E-state index is 14.1. The van der Waals surface area contributed by atoms with E-state index in [1.165, 1.54) is 0 Å². The SMILES string of the molecule is O=C(CCC(F)(F)C(F)(F)C(F)(F)C(F)(F)C(F)(F)C(F)(F)C(F)(F)C(F)(F)F)OC[C@H]1O[C@H](O[C@]2(CO)O[C@H](CO)[C@@H](O)[C@@H]2O)[C@H](O)[C@@H](O)[C@@H]1O. The van der Waals surface area contributed by atoms with Crippen molar-refractivity contribution in [2.24, 2.45) is 0 Å². The zero-order valence-electron chi connectivity index (χ0n) is 24.8. The third-order valence-corrected chi connectivity index (χ3v) is 7.73. The number of aliphatic hydroxyl groups is 7. The normalized spacial score (nSPS) is 31.9. The number of alkyl halides is 17. The highest BCUT2D eigenvalue weighted by Gasteiger charge is 2.95. The van der Waals surface area contributed by atoms with Gasteiger partial charge in [-0.05, 0) is 0 Å². The van der Waals surface area contributed by atoms with Crippen LogP contribution < -0.4 is 0 Å². The molecule has 0 unspecified atom stereocenters. The molecule has 0 amide bonds. The minimum Gasteiger partial charge on any atom is -0.463 e. The second-order valence-corrected chi connectivity index (χ2v) is 11.2. The molecule has 9 atom stereocenters. The quantitative estimate of drug-likeness (QED) is 0.0916. The van der Waals surface area contributed by atoms with Gasteiger partial charge in [0.2, 0.25) is 5.79 Å². The Hall–Kier alpha value is -2.12. The van der Waals surface area contributed by atoms with E-state index < -0.39 is 141 Å². The molecule has 2 aliphatic heterocycles. The first-order valence-electron chi connectivity index (χ1n) is 13.6. The van der Waals surface area contributed by atoms with Gasteiger partial charge in [0.15, 0.2) is 6.29 Å². The van der Waals surface area contributed by atoms with Crippen LogP contribution >= 0.6 is 0 Å². The molecule has 0 aromatic carbocycles. The van der Waals surface area contributed by atoms with Crippen LogP contribution in [0.3, 0.4) is 0 Å². The highest BCUT2D eigenvalue weighted by molar-refractivity contribution is 5.69. The van der Waals surface area contributed by atoms with Crippen molar-refractivity contribution >= 4 is 5.97 Å². The Morgan fingerprint density at radius 1 is 0.615 bits per heavy atom. The van der Waals surface area contributed by atoms with Crippen LogP contribution in [0.2, 0.25) is 0 Å². The standard InChI is InChI=1S/C23H25F17O12/c24-16(25,17(26,27)18(28,29)19(30,31)20(32,33)21(34,35)22(36,37)23(38,39)40)2-1-8(43)49-4-7-9(44)11(46)12(47)14(50-7)52-15(5-42)13(48)10(45)6(3-41)51-15/h6-7,9-14,41-42,44-48H,1-5H2/t6-,7-,9-,10-,11+,12-,13+,14-,15+/m1/s1. The van der Waals surface area contributed by atoms with E-state index in [4.69, 9.17) is 14.2 Å². The molecule has 12 nitrogen and oxygen atoms in total. The lowest BCUT2D eigenvalue weighted by Crippen LogP contribution is -2.74. The maximum Gasteiger partial charge on any atom is 0.460 e. The summed E-state index contributed by atoms with van der Waals surface area (Å²) in [5, 5.41) is 69.2. The lowest BCUT2D eigenvalue weighted by molar-refractivity contribution is -0.461. The lowest BCUT2D eigenvalue weighted by Gasteiger charge is -2.43. The van der Waals surface area contributed by atoms with E-state index in [9.17, 15) is 115 Å². The summed E-state index contributed by atoms with van der Waals surface area (Å²) in [5.74, 6) is -63.2. The fourth-order valence-corrected chi connectivity index (χ4v) is 4.48. The number of hydrogen-bond donors (Lipinski definition) is 7. The number of carbonyl (C=O) groups is 1. The summed E-state index contributed by atoms with van der Waals surface area (Å²) in [5.41, 5.74) is 0. The molecule has 308 valence electrons. The van der Waals surface area contributed by atoms with Gasteiger partial charge in [-0.1, -0.05) is 0 Å². The summed E-state index contributed by atoms with van der Waals surface area (Å²) < 4.78 is 247. The van der Waals surface area contributed by atoms with Crippen LogP contribution in [0.5, 0.6) is 0 Å². The average Bonchev–Trinajstić information content (AvgIpc) is 3.27. The second kappa shape index (κ2) is 14.5. The van der Waals surface area contributed by atoms with Crippen molar-refractivity contribution in [3.63, 3.8) is 0 Å². The zero-order chi connectivity index (χ0) is 41.1. The van der Waals surface area contributed by atoms with Crippen molar-refractivity contribution in [2.45, 2.75) is 115 Å². The third-order valence-electron chi connectivity index (χ3n) is 7.73. The minimum atomic E-state index is -8.83. The molecule has 2 heterocycles.